The molecule has 1 aliphatic carbocycles. The lowest BCUT2D eigenvalue weighted by Gasteiger charge is -2.42. The van der Waals surface area contributed by atoms with Crippen molar-refractivity contribution in [2.45, 2.75) is 38.6 Å². The Balaban J connectivity index is 1.27. The van der Waals surface area contributed by atoms with Crippen LogP contribution in [0.15, 0.2) is 83.4 Å². The van der Waals surface area contributed by atoms with Crippen LogP contribution in [0.25, 0.3) is 16.8 Å². The van der Waals surface area contributed by atoms with E-state index >= 15 is 0 Å². The van der Waals surface area contributed by atoms with Gasteiger partial charge >= 0.3 is 7.12 Å². The fraction of sp³-hybridized carbons (Fsp3) is 0.312. The van der Waals surface area contributed by atoms with Gasteiger partial charge in [0.1, 0.15) is 5.75 Å². The van der Waals surface area contributed by atoms with E-state index in [4.69, 9.17) is 4.65 Å². The Labute approximate surface area is 233 Å². The van der Waals surface area contributed by atoms with E-state index < -0.39 is 25.1 Å². The highest BCUT2D eigenvalue weighted by molar-refractivity contribution is 6.43. The molecule has 2 aliphatic heterocycles. The molecule has 0 bridgehead atoms. The number of carbonyl (C=O) groups is 2. The van der Waals surface area contributed by atoms with Crippen molar-refractivity contribution in [3.05, 3.63) is 89.0 Å². The zero-order valence-electron chi connectivity index (χ0n) is 22.4. The number of phenols is 1. The van der Waals surface area contributed by atoms with Crippen LogP contribution in [0.3, 0.4) is 0 Å². The number of para-hydroxylation sites is 1. The number of hydrogen-bond acceptors (Lipinski definition) is 6. The third-order valence-electron chi connectivity index (χ3n) is 8.65. The lowest BCUT2D eigenvalue weighted by Crippen LogP contribution is -2.46. The molecule has 0 spiro atoms. The number of phenolic OH excluding ortho intramolecular Hbond substituents is 1. The predicted octanol–water partition coefficient (Wildman–Crippen LogP) is 4.72. The lowest BCUT2D eigenvalue weighted by atomic mass is 9.58. The first kappa shape index (κ1) is 26.5. The second-order valence-corrected chi connectivity index (χ2v) is 11.1. The predicted molar refractivity (Wildman–Crippen MR) is 154 cm³/mol. The SMILES string of the molecule is C/C(=C\c1ccc(O)c2ccccc12)CC[C@H]1OB(O)C[C@H]2C1=C(CO)C[C@H]1C(=O)N(c3ccccc3)C(=O)[C@H]12. The molecule has 2 saturated heterocycles. The van der Waals surface area contributed by atoms with E-state index in [1.807, 2.05) is 43.3 Å². The summed E-state index contributed by atoms with van der Waals surface area (Å²) in [5.74, 6) is -1.76. The van der Waals surface area contributed by atoms with Crippen LogP contribution in [0.2, 0.25) is 6.32 Å². The normalized spacial score (nSPS) is 25.0. The van der Waals surface area contributed by atoms with Gasteiger partial charge < -0.3 is 19.9 Å². The number of imide groups is 1. The third-order valence-corrected chi connectivity index (χ3v) is 8.65. The fourth-order valence-electron chi connectivity index (χ4n) is 6.87. The number of benzene rings is 3. The molecule has 2 amide bonds. The summed E-state index contributed by atoms with van der Waals surface area (Å²) >= 11 is 0. The van der Waals surface area contributed by atoms with E-state index in [0.717, 1.165) is 33.1 Å². The van der Waals surface area contributed by atoms with Crippen LogP contribution in [0.1, 0.15) is 31.7 Å². The summed E-state index contributed by atoms with van der Waals surface area (Å²) in [5, 5.41) is 33.1. The molecule has 0 radical (unpaired) electrons. The zero-order chi connectivity index (χ0) is 28.0. The van der Waals surface area contributed by atoms with Crippen molar-refractivity contribution in [2.24, 2.45) is 17.8 Å². The zero-order valence-corrected chi connectivity index (χ0v) is 22.4. The summed E-state index contributed by atoms with van der Waals surface area (Å²) < 4.78 is 6.01. The number of carbonyl (C=O) groups excluding carboxylic acids is 2. The number of aliphatic hydroxyl groups excluding tert-OH is 1. The Kier molecular flexibility index (Phi) is 7.08. The summed E-state index contributed by atoms with van der Waals surface area (Å²) in [7, 11) is -1.06. The van der Waals surface area contributed by atoms with E-state index in [2.05, 4.69) is 6.08 Å². The number of hydrogen-bond donors (Lipinski definition) is 3. The second-order valence-electron chi connectivity index (χ2n) is 11.1. The molecule has 0 unspecified atom stereocenters. The van der Waals surface area contributed by atoms with Crippen LogP contribution < -0.4 is 4.90 Å². The number of amides is 2. The van der Waals surface area contributed by atoms with Gasteiger partial charge in [0, 0.05) is 5.39 Å². The minimum Gasteiger partial charge on any atom is -0.507 e. The van der Waals surface area contributed by atoms with E-state index in [1.165, 1.54) is 4.90 Å². The Morgan fingerprint density at radius 2 is 1.73 bits per heavy atom. The summed E-state index contributed by atoms with van der Waals surface area (Å²) in [5.41, 5.74) is 4.25. The highest BCUT2D eigenvalue weighted by atomic mass is 16.5. The van der Waals surface area contributed by atoms with Gasteiger partial charge in [-0.3, -0.25) is 14.5 Å². The van der Waals surface area contributed by atoms with E-state index in [-0.39, 0.29) is 36.4 Å². The lowest BCUT2D eigenvalue weighted by molar-refractivity contribution is -0.122. The molecule has 2 fully saturated rings. The quantitative estimate of drug-likeness (QED) is 0.239. The molecule has 7 nitrogen and oxygen atoms in total. The molecule has 3 N–H and O–H groups in total. The van der Waals surface area contributed by atoms with Gasteiger partial charge in [0.25, 0.3) is 0 Å². The van der Waals surface area contributed by atoms with Crippen molar-refractivity contribution in [3.63, 3.8) is 0 Å². The van der Waals surface area contributed by atoms with Crippen LogP contribution in [0.5, 0.6) is 5.75 Å². The van der Waals surface area contributed by atoms with Crippen LogP contribution in [-0.2, 0) is 14.2 Å². The summed E-state index contributed by atoms with van der Waals surface area (Å²) in [6.45, 7) is 1.82. The van der Waals surface area contributed by atoms with Crippen LogP contribution >= 0.6 is 0 Å². The average Bonchev–Trinajstić information content (AvgIpc) is 3.22. The largest absolute Gasteiger partial charge is 0.507 e. The van der Waals surface area contributed by atoms with Gasteiger partial charge in [-0.1, -0.05) is 60.2 Å². The third kappa shape index (κ3) is 4.56. The number of aliphatic hydroxyl groups is 1. The first-order valence-electron chi connectivity index (χ1n) is 13.8. The van der Waals surface area contributed by atoms with Gasteiger partial charge in [0.2, 0.25) is 11.8 Å². The number of anilines is 1. The minimum absolute atomic E-state index is 0.215. The summed E-state index contributed by atoms with van der Waals surface area (Å²) in [6.07, 6.45) is 3.38. The van der Waals surface area contributed by atoms with Gasteiger partial charge in [0.05, 0.1) is 30.2 Å². The standard InChI is InChI=1S/C32H32BNO6/c1-19(15-20-12-13-27(36)24-10-6-5-9-23(20)24)11-14-28-29-21(18-35)16-25-30(26(29)17-33(39)40-28)32(38)34(31(25)37)22-7-3-2-4-8-22/h2-10,12-13,15,25-26,28,30,35-36,39H,11,14,16-18H2,1H3/b19-15+/t25-,26+,28-,30-/m1/s1. The minimum atomic E-state index is -1.06. The number of nitrogens with zero attached hydrogens (tertiary/aromatic N) is 1. The number of allylic oxidation sites excluding steroid dienone is 1. The van der Waals surface area contributed by atoms with Gasteiger partial charge in [-0.2, -0.15) is 0 Å². The molecule has 3 aliphatic rings. The fourth-order valence-corrected chi connectivity index (χ4v) is 6.87. The Morgan fingerprint density at radius 3 is 2.48 bits per heavy atom. The Morgan fingerprint density at radius 1 is 1.00 bits per heavy atom. The summed E-state index contributed by atoms with van der Waals surface area (Å²) in [6, 6.07) is 20.2. The first-order valence-corrected chi connectivity index (χ1v) is 13.8. The van der Waals surface area contributed by atoms with Crippen molar-refractivity contribution in [1.29, 1.82) is 0 Å². The second kappa shape index (κ2) is 10.7. The summed E-state index contributed by atoms with van der Waals surface area (Å²) in [4.78, 5) is 28.4. The molecule has 4 atom stereocenters. The maximum atomic E-state index is 13.7. The highest BCUT2D eigenvalue weighted by Crippen LogP contribution is 2.51. The highest BCUT2D eigenvalue weighted by Gasteiger charge is 2.57. The maximum absolute atomic E-state index is 13.7. The molecular formula is C32H32BNO6. The van der Waals surface area contributed by atoms with Crippen molar-refractivity contribution in [2.75, 3.05) is 11.5 Å². The molecule has 3 aromatic carbocycles. The van der Waals surface area contributed by atoms with Crippen molar-refractivity contribution in [3.8, 4) is 5.75 Å². The molecule has 0 saturated carbocycles. The topological polar surface area (TPSA) is 107 Å². The molecule has 3 aromatic rings. The molecule has 0 aromatic heterocycles. The smallest absolute Gasteiger partial charge is 0.455 e. The Hall–Kier alpha value is -3.72. The monoisotopic (exact) mass is 537 g/mol. The van der Waals surface area contributed by atoms with Gasteiger partial charge in [0.15, 0.2) is 0 Å². The molecular weight excluding hydrogens is 505 g/mol. The van der Waals surface area contributed by atoms with E-state index in [0.29, 0.717) is 24.9 Å². The molecule has 2 heterocycles. The van der Waals surface area contributed by atoms with Crippen molar-refractivity contribution < 1.29 is 29.5 Å². The molecule has 204 valence electrons. The Bertz CT molecular complexity index is 1530. The van der Waals surface area contributed by atoms with Crippen molar-refractivity contribution in [1.82, 2.24) is 0 Å². The van der Waals surface area contributed by atoms with Crippen molar-refractivity contribution >= 4 is 41.5 Å². The number of rotatable bonds is 6. The maximum Gasteiger partial charge on any atom is 0.455 e. The van der Waals surface area contributed by atoms with Gasteiger partial charge in [-0.25, -0.2) is 0 Å². The number of fused-ring (bicyclic) bond motifs is 4. The molecule has 40 heavy (non-hydrogen) atoms. The molecule has 6 rings (SSSR count). The average molecular weight is 537 g/mol. The van der Waals surface area contributed by atoms with E-state index in [1.54, 1.807) is 30.3 Å². The molecule has 8 heteroatoms. The van der Waals surface area contributed by atoms with E-state index in [9.17, 15) is 24.8 Å². The van der Waals surface area contributed by atoms with Gasteiger partial charge in [-0.05, 0) is 78.7 Å². The van der Waals surface area contributed by atoms with Gasteiger partial charge in [-0.15, -0.1) is 0 Å². The first-order chi connectivity index (χ1) is 19.4. The number of aromatic hydroxyl groups is 1. The van der Waals surface area contributed by atoms with Crippen LogP contribution in [0, 0.1) is 17.8 Å². The van der Waals surface area contributed by atoms with Crippen LogP contribution in [-0.4, -0.2) is 46.9 Å². The van der Waals surface area contributed by atoms with Crippen LogP contribution in [0.4, 0.5) is 5.69 Å².